The van der Waals surface area contributed by atoms with Crippen LogP contribution in [0, 0.1) is 0 Å². The zero-order chi connectivity index (χ0) is 10.6. The molecule has 1 aromatic heterocycles. The summed E-state index contributed by atoms with van der Waals surface area (Å²) in [6.07, 6.45) is 0.705. The lowest BCUT2D eigenvalue weighted by Crippen LogP contribution is -2.39. The van der Waals surface area contributed by atoms with Crippen LogP contribution in [0.25, 0.3) is 0 Å². The molecule has 1 unspecified atom stereocenters. The topological polar surface area (TPSA) is 32.3 Å². The second-order valence-corrected chi connectivity index (χ2v) is 6.21. The van der Waals surface area contributed by atoms with Crippen LogP contribution >= 0.6 is 27.3 Å². The molecule has 0 radical (unpaired) electrons. The van der Waals surface area contributed by atoms with Crippen molar-refractivity contribution >= 4 is 27.3 Å². The normalized spacial score (nSPS) is 15.4. The van der Waals surface area contributed by atoms with Crippen LogP contribution < -0.4 is 5.32 Å². The molecular formula is C10H16BrNOS. The van der Waals surface area contributed by atoms with E-state index in [4.69, 9.17) is 0 Å². The van der Waals surface area contributed by atoms with Gasteiger partial charge in [0.05, 0.1) is 9.39 Å². The maximum atomic E-state index is 10.0. The maximum absolute atomic E-state index is 10.0. The number of thiophene rings is 1. The molecule has 0 aromatic carbocycles. The second-order valence-electron chi connectivity index (χ2n) is 3.66. The minimum Gasteiger partial charge on any atom is -0.388 e. The molecule has 0 saturated heterocycles. The third-order valence-electron chi connectivity index (χ3n) is 1.94. The molecule has 0 fully saturated rings. The van der Waals surface area contributed by atoms with Crippen LogP contribution in [-0.2, 0) is 6.42 Å². The van der Waals surface area contributed by atoms with Crippen molar-refractivity contribution in [2.24, 2.45) is 0 Å². The lowest BCUT2D eigenvalue weighted by Gasteiger charge is -2.22. The van der Waals surface area contributed by atoms with E-state index in [0.717, 1.165) is 10.3 Å². The average molecular weight is 278 g/mol. The van der Waals surface area contributed by atoms with Crippen molar-refractivity contribution in [1.29, 1.82) is 0 Å². The van der Waals surface area contributed by atoms with Gasteiger partial charge in [-0.3, -0.25) is 0 Å². The predicted octanol–water partition coefficient (Wildman–Crippen LogP) is 2.41. The Labute approximate surface area is 97.5 Å². The number of halogens is 1. The van der Waals surface area contributed by atoms with E-state index in [-0.39, 0.29) is 0 Å². The Bertz CT molecular complexity index is 285. The van der Waals surface area contributed by atoms with Crippen LogP contribution in [-0.4, -0.2) is 23.8 Å². The Morgan fingerprint density at radius 2 is 2.29 bits per heavy atom. The largest absolute Gasteiger partial charge is 0.388 e. The van der Waals surface area contributed by atoms with E-state index < -0.39 is 5.60 Å². The standard InChI is InChI=1S/C10H16BrNOS/c1-3-12-7-10(2,13)6-8-4-5-9(11)14-8/h4-5,12-13H,3,6-7H2,1-2H3. The lowest BCUT2D eigenvalue weighted by atomic mass is 10.0. The zero-order valence-electron chi connectivity index (χ0n) is 8.51. The van der Waals surface area contributed by atoms with E-state index >= 15 is 0 Å². The first kappa shape index (κ1) is 12.2. The summed E-state index contributed by atoms with van der Waals surface area (Å²) in [5, 5.41) is 13.2. The number of aliphatic hydroxyl groups is 1. The molecule has 2 N–H and O–H groups in total. The van der Waals surface area contributed by atoms with Gasteiger partial charge in [-0.2, -0.15) is 0 Å². The van der Waals surface area contributed by atoms with Gasteiger partial charge in [0.15, 0.2) is 0 Å². The molecule has 0 aliphatic carbocycles. The van der Waals surface area contributed by atoms with Gasteiger partial charge >= 0.3 is 0 Å². The highest BCUT2D eigenvalue weighted by atomic mass is 79.9. The van der Waals surface area contributed by atoms with Gasteiger partial charge in [-0.15, -0.1) is 11.3 Å². The van der Waals surface area contributed by atoms with E-state index in [9.17, 15) is 5.11 Å². The van der Waals surface area contributed by atoms with Gasteiger partial charge in [0.1, 0.15) is 0 Å². The summed E-state index contributed by atoms with van der Waals surface area (Å²) in [6.45, 7) is 5.43. The second kappa shape index (κ2) is 5.26. The van der Waals surface area contributed by atoms with Gasteiger partial charge in [0, 0.05) is 17.8 Å². The van der Waals surface area contributed by atoms with Gasteiger partial charge < -0.3 is 10.4 Å². The number of hydrogen-bond donors (Lipinski definition) is 2. The number of likely N-dealkylation sites (N-methyl/N-ethyl adjacent to an activating group) is 1. The molecule has 1 atom stereocenters. The van der Waals surface area contributed by atoms with Crippen molar-refractivity contribution in [2.75, 3.05) is 13.1 Å². The molecule has 1 aromatic rings. The highest BCUT2D eigenvalue weighted by molar-refractivity contribution is 9.11. The Morgan fingerprint density at radius 1 is 1.57 bits per heavy atom. The summed E-state index contributed by atoms with van der Waals surface area (Å²) in [6, 6.07) is 4.07. The number of rotatable bonds is 5. The van der Waals surface area contributed by atoms with Crippen LogP contribution in [0.2, 0.25) is 0 Å². The molecule has 4 heteroatoms. The SMILES string of the molecule is CCNCC(C)(O)Cc1ccc(Br)s1. The van der Waals surface area contributed by atoms with Crippen molar-refractivity contribution in [2.45, 2.75) is 25.9 Å². The van der Waals surface area contributed by atoms with Crippen LogP contribution in [0.5, 0.6) is 0 Å². The molecule has 0 aliphatic heterocycles. The van der Waals surface area contributed by atoms with Gasteiger partial charge in [-0.05, 0) is 41.5 Å². The smallest absolute Gasteiger partial charge is 0.0791 e. The van der Waals surface area contributed by atoms with Gasteiger partial charge in [-0.25, -0.2) is 0 Å². The first-order valence-corrected chi connectivity index (χ1v) is 6.32. The fraction of sp³-hybridized carbons (Fsp3) is 0.600. The van der Waals surface area contributed by atoms with E-state index in [1.54, 1.807) is 11.3 Å². The van der Waals surface area contributed by atoms with Crippen molar-refractivity contribution in [3.63, 3.8) is 0 Å². The van der Waals surface area contributed by atoms with E-state index in [1.807, 2.05) is 19.9 Å². The monoisotopic (exact) mass is 277 g/mol. The first-order valence-electron chi connectivity index (χ1n) is 4.71. The van der Waals surface area contributed by atoms with Gasteiger partial charge in [0.25, 0.3) is 0 Å². The highest BCUT2D eigenvalue weighted by Crippen LogP contribution is 2.25. The molecule has 0 spiro atoms. The average Bonchev–Trinajstić information content (AvgIpc) is 2.47. The fourth-order valence-corrected chi connectivity index (χ4v) is 2.94. The molecular weight excluding hydrogens is 262 g/mol. The summed E-state index contributed by atoms with van der Waals surface area (Å²) in [4.78, 5) is 1.21. The van der Waals surface area contributed by atoms with E-state index in [2.05, 4.69) is 27.3 Å². The summed E-state index contributed by atoms with van der Waals surface area (Å²) >= 11 is 5.09. The molecule has 0 saturated carbocycles. The molecule has 0 aliphatic rings. The first-order chi connectivity index (χ1) is 6.53. The van der Waals surface area contributed by atoms with Crippen molar-refractivity contribution in [3.8, 4) is 0 Å². The van der Waals surface area contributed by atoms with Crippen molar-refractivity contribution < 1.29 is 5.11 Å². The molecule has 1 rings (SSSR count). The third kappa shape index (κ3) is 4.09. The van der Waals surface area contributed by atoms with Crippen LogP contribution in [0.4, 0.5) is 0 Å². The zero-order valence-corrected chi connectivity index (χ0v) is 10.9. The number of nitrogens with one attached hydrogen (secondary N) is 1. The minimum absolute atomic E-state index is 0.638. The van der Waals surface area contributed by atoms with Crippen molar-refractivity contribution in [3.05, 3.63) is 20.8 Å². The fourth-order valence-electron chi connectivity index (χ4n) is 1.28. The van der Waals surface area contributed by atoms with E-state index in [0.29, 0.717) is 13.0 Å². The van der Waals surface area contributed by atoms with Crippen LogP contribution in [0.1, 0.15) is 18.7 Å². The van der Waals surface area contributed by atoms with E-state index in [1.165, 1.54) is 4.88 Å². The van der Waals surface area contributed by atoms with Crippen LogP contribution in [0.15, 0.2) is 15.9 Å². The molecule has 0 bridgehead atoms. The Balaban J connectivity index is 2.49. The molecule has 0 amide bonds. The third-order valence-corrected chi connectivity index (χ3v) is 3.56. The predicted molar refractivity (Wildman–Crippen MR) is 64.9 cm³/mol. The molecule has 2 nitrogen and oxygen atoms in total. The Hall–Kier alpha value is 0.1000. The van der Waals surface area contributed by atoms with Crippen LogP contribution in [0.3, 0.4) is 0 Å². The summed E-state index contributed by atoms with van der Waals surface area (Å²) in [5.74, 6) is 0. The summed E-state index contributed by atoms with van der Waals surface area (Å²) in [5.41, 5.74) is -0.652. The minimum atomic E-state index is -0.652. The molecule has 1 heterocycles. The molecule has 14 heavy (non-hydrogen) atoms. The van der Waals surface area contributed by atoms with Gasteiger partial charge in [0.2, 0.25) is 0 Å². The molecule has 80 valence electrons. The summed E-state index contributed by atoms with van der Waals surface area (Å²) in [7, 11) is 0. The summed E-state index contributed by atoms with van der Waals surface area (Å²) < 4.78 is 1.12. The number of hydrogen-bond acceptors (Lipinski definition) is 3. The quantitative estimate of drug-likeness (QED) is 0.867. The lowest BCUT2D eigenvalue weighted by molar-refractivity contribution is 0.0615. The Kier molecular flexibility index (Phi) is 4.57. The highest BCUT2D eigenvalue weighted by Gasteiger charge is 2.20. The maximum Gasteiger partial charge on any atom is 0.0791 e. The van der Waals surface area contributed by atoms with Gasteiger partial charge in [-0.1, -0.05) is 6.92 Å². The Morgan fingerprint density at radius 3 is 2.79 bits per heavy atom. The van der Waals surface area contributed by atoms with Crippen molar-refractivity contribution in [1.82, 2.24) is 5.32 Å².